The molecule has 0 saturated carbocycles. The molecule has 5 nitrogen and oxygen atoms in total. The molecule has 1 aromatic heterocycles. The molecule has 2 aromatic rings. The Hall–Kier alpha value is -1.85. The van der Waals surface area contributed by atoms with Crippen molar-refractivity contribution < 1.29 is 9.32 Å². The van der Waals surface area contributed by atoms with E-state index in [0.717, 1.165) is 31.5 Å². The number of piperidine rings is 1. The summed E-state index contributed by atoms with van der Waals surface area (Å²) in [5.74, 6) is 0.438. The Kier molecular flexibility index (Phi) is 4.45. The quantitative estimate of drug-likeness (QED) is 0.945. The van der Waals surface area contributed by atoms with Crippen LogP contribution in [0, 0.1) is 0 Å². The second-order valence-electron chi connectivity index (χ2n) is 5.48. The summed E-state index contributed by atoms with van der Waals surface area (Å²) < 4.78 is 5.30. The molecule has 22 heavy (non-hydrogen) atoms. The Morgan fingerprint density at radius 3 is 2.86 bits per heavy atom. The van der Waals surface area contributed by atoms with Crippen LogP contribution in [0.2, 0.25) is 5.02 Å². The van der Waals surface area contributed by atoms with Crippen LogP contribution >= 0.6 is 11.6 Å². The fourth-order valence-electron chi connectivity index (χ4n) is 2.69. The van der Waals surface area contributed by atoms with E-state index in [1.165, 1.54) is 0 Å². The normalized spacial score (nSPS) is 15.7. The van der Waals surface area contributed by atoms with Crippen LogP contribution in [0.25, 0.3) is 11.3 Å². The van der Waals surface area contributed by atoms with Gasteiger partial charge in [0, 0.05) is 29.7 Å². The van der Waals surface area contributed by atoms with Crippen molar-refractivity contribution in [3.63, 3.8) is 0 Å². The molecule has 1 aliphatic heterocycles. The highest BCUT2D eigenvalue weighted by molar-refractivity contribution is 6.30. The van der Waals surface area contributed by atoms with Gasteiger partial charge in [-0.05, 0) is 38.1 Å². The average molecular weight is 320 g/mol. The van der Waals surface area contributed by atoms with Crippen LogP contribution in [0.3, 0.4) is 0 Å². The van der Waals surface area contributed by atoms with Crippen LogP contribution in [0.1, 0.15) is 23.3 Å². The summed E-state index contributed by atoms with van der Waals surface area (Å²) in [7, 11) is 1.83. The molecule has 0 unspecified atom stereocenters. The average Bonchev–Trinajstić information content (AvgIpc) is 3.04. The molecule has 1 N–H and O–H groups in total. The summed E-state index contributed by atoms with van der Waals surface area (Å²) in [5, 5.41) is 7.83. The first-order valence-corrected chi connectivity index (χ1v) is 7.73. The maximum Gasteiger partial charge on any atom is 0.276 e. The molecule has 1 saturated heterocycles. The van der Waals surface area contributed by atoms with Crippen LogP contribution in [-0.4, -0.2) is 42.1 Å². The largest absolute Gasteiger partial charge is 0.355 e. The Morgan fingerprint density at radius 1 is 1.36 bits per heavy atom. The van der Waals surface area contributed by atoms with Crippen molar-refractivity contribution >= 4 is 17.5 Å². The minimum absolute atomic E-state index is 0.107. The van der Waals surface area contributed by atoms with Gasteiger partial charge in [0.25, 0.3) is 5.91 Å². The SMILES string of the molecule is CN(C(=O)c1cc(-c2cccc(Cl)c2)on1)C1CCNCC1. The summed E-state index contributed by atoms with van der Waals surface area (Å²) in [5.41, 5.74) is 1.14. The van der Waals surface area contributed by atoms with Crippen LogP contribution in [-0.2, 0) is 0 Å². The Labute approximate surface area is 134 Å². The molecule has 1 fully saturated rings. The van der Waals surface area contributed by atoms with Gasteiger partial charge in [-0.25, -0.2) is 0 Å². The van der Waals surface area contributed by atoms with E-state index in [-0.39, 0.29) is 11.9 Å². The van der Waals surface area contributed by atoms with Gasteiger partial charge in [0.2, 0.25) is 0 Å². The zero-order valence-corrected chi connectivity index (χ0v) is 13.1. The van der Waals surface area contributed by atoms with Gasteiger partial charge in [0.1, 0.15) is 0 Å². The fourth-order valence-corrected chi connectivity index (χ4v) is 2.88. The highest BCUT2D eigenvalue weighted by atomic mass is 35.5. The predicted molar refractivity (Wildman–Crippen MR) is 84.9 cm³/mol. The van der Waals surface area contributed by atoms with Crippen molar-refractivity contribution in [3.8, 4) is 11.3 Å². The molecule has 0 bridgehead atoms. The smallest absolute Gasteiger partial charge is 0.276 e. The lowest BCUT2D eigenvalue weighted by Gasteiger charge is -2.31. The maximum absolute atomic E-state index is 12.5. The monoisotopic (exact) mass is 319 g/mol. The second kappa shape index (κ2) is 6.50. The van der Waals surface area contributed by atoms with Crippen molar-refractivity contribution in [2.75, 3.05) is 20.1 Å². The lowest BCUT2D eigenvalue weighted by atomic mass is 10.0. The van der Waals surface area contributed by atoms with E-state index in [9.17, 15) is 4.79 Å². The third kappa shape index (κ3) is 3.15. The molecular weight excluding hydrogens is 302 g/mol. The van der Waals surface area contributed by atoms with Crippen molar-refractivity contribution in [1.29, 1.82) is 0 Å². The molecule has 3 rings (SSSR count). The van der Waals surface area contributed by atoms with Gasteiger partial charge < -0.3 is 14.7 Å². The third-order valence-corrected chi connectivity index (χ3v) is 4.25. The number of nitrogens with one attached hydrogen (secondary N) is 1. The lowest BCUT2D eigenvalue weighted by Crippen LogP contribution is -2.44. The lowest BCUT2D eigenvalue weighted by molar-refractivity contribution is 0.0693. The number of carbonyl (C=O) groups excluding carboxylic acids is 1. The Morgan fingerprint density at radius 2 is 2.14 bits per heavy atom. The first-order valence-electron chi connectivity index (χ1n) is 7.35. The van der Waals surface area contributed by atoms with Crippen molar-refractivity contribution in [3.05, 3.63) is 41.0 Å². The van der Waals surface area contributed by atoms with Crippen LogP contribution < -0.4 is 5.32 Å². The van der Waals surface area contributed by atoms with E-state index in [2.05, 4.69) is 10.5 Å². The number of hydrogen-bond acceptors (Lipinski definition) is 4. The van der Waals surface area contributed by atoms with Gasteiger partial charge in [-0.2, -0.15) is 0 Å². The van der Waals surface area contributed by atoms with Gasteiger partial charge in [-0.15, -0.1) is 0 Å². The van der Waals surface area contributed by atoms with E-state index in [0.29, 0.717) is 16.5 Å². The molecule has 2 heterocycles. The predicted octanol–water partition coefficient (Wildman–Crippen LogP) is 2.82. The van der Waals surface area contributed by atoms with Gasteiger partial charge in [-0.3, -0.25) is 4.79 Å². The topological polar surface area (TPSA) is 58.4 Å². The molecule has 0 radical (unpaired) electrons. The number of aromatic nitrogens is 1. The molecule has 1 aliphatic rings. The van der Waals surface area contributed by atoms with E-state index >= 15 is 0 Å². The van der Waals surface area contributed by atoms with E-state index in [1.54, 1.807) is 23.1 Å². The van der Waals surface area contributed by atoms with Crippen LogP contribution in [0.5, 0.6) is 0 Å². The number of nitrogens with zero attached hydrogens (tertiary/aromatic N) is 2. The van der Waals surface area contributed by atoms with E-state index < -0.39 is 0 Å². The molecule has 1 aromatic carbocycles. The van der Waals surface area contributed by atoms with Crippen molar-refractivity contribution in [2.24, 2.45) is 0 Å². The molecule has 116 valence electrons. The minimum Gasteiger partial charge on any atom is -0.355 e. The summed E-state index contributed by atoms with van der Waals surface area (Å²) in [4.78, 5) is 14.3. The second-order valence-corrected chi connectivity index (χ2v) is 5.92. The molecule has 0 atom stereocenters. The Bertz CT molecular complexity index is 665. The molecular formula is C16H18ClN3O2. The zero-order valence-electron chi connectivity index (χ0n) is 12.4. The summed E-state index contributed by atoms with van der Waals surface area (Å²) in [6, 6.07) is 9.21. The number of benzene rings is 1. The first-order chi connectivity index (χ1) is 10.6. The zero-order chi connectivity index (χ0) is 15.5. The highest BCUT2D eigenvalue weighted by Gasteiger charge is 2.25. The first kappa shape index (κ1) is 15.1. The fraction of sp³-hybridized carbons (Fsp3) is 0.375. The highest BCUT2D eigenvalue weighted by Crippen LogP contribution is 2.24. The van der Waals surface area contributed by atoms with Gasteiger partial charge >= 0.3 is 0 Å². The number of hydrogen-bond donors (Lipinski definition) is 1. The standard InChI is InChI=1S/C16H18ClN3O2/c1-20(13-5-7-18-8-6-13)16(21)14-10-15(22-19-14)11-3-2-4-12(17)9-11/h2-4,9-10,13,18H,5-8H2,1H3. The van der Waals surface area contributed by atoms with Crippen molar-refractivity contribution in [2.45, 2.75) is 18.9 Å². The molecule has 0 aliphatic carbocycles. The summed E-state index contributed by atoms with van der Waals surface area (Å²) >= 11 is 5.97. The van der Waals surface area contributed by atoms with Gasteiger partial charge in [0.15, 0.2) is 11.5 Å². The van der Waals surface area contributed by atoms with Crippen LogP contribution in [0.4, 0.5) is 0 Å². The van der Waals surface area contributed by atoms with Crippen molar-refractivity contribution in [1.82, 2.24) is 15.4 Å². The van der Waals surface area contributed by atoms with E-state index in [1.807, 2.05) is 19.2 Å². The van der Waals surface area contributed by atoms with Gasteiger partial charge in [0.05, 0.1) is 0 Å². The molecule has 6 heteroatoms. The molecule has 1 amide bonds. The maximum atomic E-state index is 12.5. The number of halogens is 1. The minimum atomic E-state index is -0.107. The number of carbonyl (C=O) groups is 1. The Balaban J connectivity index is 1.76. The summed E-state index contributed by atoms with van der Waals surface area (Å²) in [6.07, 6.45) is 1.92. The van der Waals surface area contributed by atoms with E-state index in [4.69, 9.17) is 16.1 Å². The third-order valence-electron chi connectivity index (χ3n) is 4.02. The number of rotatable bonds is 3. The van der Waals surface area contributed by atoms with Gasteiger partial charge in [-0.1, -0.05) is 28.9 Å². The number of amides is 1. The van der Waals surface area contributed by atoms with Crippen LogP contribution in [0.15, 0.2) is 34.9 Å². The summed E-state index contributed by atoms with van der Waals surface area (Å²) in [6.45, 7) is 1.88. The molecule has 0 spiro atoms.